The maximum Gasteiger partial charge on any atom is 0.905 e. The minimum atomic E-state index is -1.93. The van der Waals surface area contributed by atoms with Gasteiger partial charge in [0.2, 0.25) is 0 Å². The van der Waals surface area contributed by atoms with Crippen molar-refractivity contribution in [1.82, 2.24) is 0 Å². The van der Waals surface area contributed by atoms with Crippen LogP contribution in [0.25, 0.3) is 0 Å². The average Bonchev–Trinajstić information content (AvgIpc) is 2.43. The van der Waals surface area contributed by atoms with E-state index in [1.807, 2.05) is 27.7 Å². The summed E-state index contributed by atoms with van der Waals surface area (Å²) in [6, 6.07) is 0. The van der Waals surface area contributed by atoms with Gasteiger partial charge in [-0.2, -0.15) is 0 Å². The van der Waals surface area contributed by atoms with Crippen molar-refractivity contribution >= 4 is 15.1 Å². The number of unbranched alkanes of at least 4 members (excludes halogenated alkanes) is 9. The molecule has 0 aromatic rings. The van der Waals surface area contributed by atoms with Crippen LogP contribution >= 0.6 is 0 Å². The SMILES string of the molecule is CCCCCCCCCCCC[O][Al]([O]C(C)C)[O]C(C)C. The molecule has 0 aliphatic rings. The van der Waals surface area contributed by atoms with Crippen LogP contribution in [0.1, 0.15) is 98.8 Å². The van der Waals surface area contributed by atoms with E-state index in [0.717, 1.165) is 13.0 Å². The largest absolute Gasteiger partial charge is 0.905 e. The third-order valence-corrected chi connectivity index (χ3v) is 5.56. The van der Waals surface area contributed by atoms with Gasteiger partial charge < -0.3 is 11.4 Å². The van der Waals surface area contributed by atoms with Crippen molar-refractivity contribution < 1.29 is 11.4 Å². The van der Waals surface area contributed by atoms with Gasteiger partial charge in [-0.25, -0.2) is 0 Å². The normalized spacial score (nSPS) is 11.6. The molecular weight excluding hydrogens is 291 g/mol. The van der Waals surface area contributed by atoms with Gasteiger partial charge >= 0.3 is 15.1 Å². The van der Waals surface area contributed by atoms with Crippen LogP contribution in [0.2, 0.25) is 0 Å². The molecule has 0 radical (unpaired) electrons. The molecule has 0 aromatic heterocycles. The molecule has 0 saturated heterocycles. The van der Waals surface area contributed by atoms with Crippen molar-refractivity contribution in [3.8, 4) is 0 Å². The maximum absolute atomic E-state index is 5.83. The Balaban J connectivity index is 3.41. The van der Waals surface area contributed by atoms with E-state index in [1.54, 1.807) is 0 Å². The highest BCUT2D eigenvalue weighted by Gasteiger charge is 2.33. The first-order valence-electron chi connectivity index (χ1n) is 9.48. The average molecular weight is 330 g/mol. The first-order valence-corrected chi connectivity index (χ1v) is 10.9. The quantitative estimate of drug-likeness (QED) is 0.266. The van der Waals surface area contributed by atoms with E-state index in [9.17, 15) is 0 Å². The van der Waals surface area contributed by atoms with Crippen molar-refractivity contribution in [2.75, 3.05) is 6.61 Å². The maximum atomic E-state index is 5.83. The van der Waals surface area contributed by atoms with Crippen molar-refractivity contribution in [2.24, 2.45) is 0 Å². The fourth-order valence-electron chi connectivity index (χ4n) is 2.32. The lowest BCUT2D eigenvalue weighted by atomic mass is 10.1. The molecule has 0 amide bonds. The molecule has 0 aliphatic heterocycles. The molecule has 22 heavy (non-hydrogen) atoms. The molecule has 0 saturated carbocycles. The smallest absolute Gasteiger partial charge is 0.454 e. The van der Waals surface area contributed by atoms with E-state index in [4.69, 9.17) is 11.4 Å². The summed E-state index contributed by atoms with van der Waals surface area (Å²) < 4.78 is 17.3. The molecule has 0 rings (SSSR count). The van der Waals surface area contributed by atoms with Gasteiger partial charge in [0, 0.05) is 18.8 Å². The zero-order valence-electron chi connectivity index (χ0n) is 15.7. The molecule has 4 heteroatoms. The Kier molecular flexibility index (Phi) is 16.6. The molecule has 0 heterocycles. The number of hydrogen-bond acceptors (Lipinski definition) is 3. The predicted molar refractivity (Wildman–Crippen MR) is 96.0 cm³/mol. The summed E-state index contributed by atoms with van der Waals surface area (Å²) >= 11 is -1.93. The zero-order valence-corrected chi connectivity index (χ0v) is 16.9. The summed E-state index contributed by atoms with van der Waals surface area (Å²) in [4.78, 5) is 0. The van der Waals surface area contributed by atoms with E-state index in [-0.39, 0.29) is 12.2 Å². The standard InChI is InChI=1S/C12H25O.2C3H7O.Al/c1-2-3-4-5-6-7-8-9-10-11-12-13;2*1-3(2)4;/h2-12H2,1H3;2*3H,1-2H3;/q3*-1;+3. The van der Waals surface area contributed by atoms with Gasteiger partial charge in [-0.15, -0.1) is 0 Å². The summed E-state index contributed by atoms with van der Waals surface area (Å²) in [6.45, 7) is 11.2. The minimum Gasteiger partial charge on any atom is -0.454 e. The van der Waals surface area contributed by atoms with Crippen molar-refractivity contribution in [3.05, 3.63) is 0 Å². The number of hydrogen-bond donors (Lipinski definition) is 0. The van der Waals surface area contributed by atoms with Crippen molar-refractivity contribution in [2.45, 2.75) is 111 Å². The first-order chi connectivity index (χ1) is 10.6. The van der Waals surface area contributed by atoms with Crippen LogP contribution in [0.4, 0.5) is 0 Å². The van der Waals surface area contributed by atoms with Gasteiger partial charge in [0.25, 0.3) is 0 Å². The second-order valence-corrected chi connectivity index (χ2v) is 8.17. The van der Waals surface area contributed by atoms with Crippen molar-refractivity contribution in [1.29, 1.82) is 0 Å². The van der Waals surface area contributed by atoms with E-state index in [0.29, 0.717) is 0 Å². The molecule has 3 nitrogen and oxygen atoms in total. The lowest BCUT2D eigenvalue weighted by molar-refractivity contribution is 0.0494. The van der Waals surface area contributed by atoms with Crippen molar-refractivity contribution in [3.63, 3.8) is 0 Å². The second-order valence-electron chi connectivity index (χ2n) is 6.71. The highest BCUT2D eigenvalue weighted by Crippen LogP contribution is 2.11. The molecule has 0 spiro atoms. The zero-order chi connectivity index (χ0) is 16.6. The van der Waals surface area contributed by atoms with Crippen LogP contribution in [0.5, 0.6) is 0 Å². The van der Waals surface area contributed by atoms with Gasteiger partial charge in [-0.1, -0.05) is 64.7 Å². The topological polar surface area (TPSA) is 27.7 Å². The summed E-state index contributed by atoms with van der Waals surface area (Å²) in [5.41, 5.74) is 0. The molecule has 0 bridgehead atoms. The molecule has 132 valence electrons. The Bertz CT molecular complexity index is 212. The van der Waals surface area contributed by atoms with Crippen LogP contribution in [0, 0.1) is 0 Å². The summed E-state index contributed by atoms with van der Waals surface area (Å²) in [6.07, 6.45) is 13.9. The summed E-state index contributed by atoms with van der Waals surface area (Å²) in [5.74, 6) is 0. The van der Waals surface area contributed by atoms with E-state index in [1.165, 1.54) is 57.8 Å². The lowest BCUT2D eigenvalue weighted by Gasteiger charge is -2.18. The molecule has 0 unspecified atom stereocenters. The Morgan fingerprint density at radius 2 is 1.05 bits per heavy atom. The predicted octanol–water partition coefficient (Wildman–Crippen LogP) is 5.76. The van der Waals surface area contributed by atoms with Crippen LogP contribution in [0.15, 0.2) is 0 Å². The third-order valence-electron chi connectivity index (χ3n) is 3.52. The van der Waals surface area contributed by atoms with Crippen LogP contribution in [-0.2, 0) is 11.4 Å². The Morgan fingerprint density at radius 1 is 0.636 bits per heavy atom. The third kappa shape index (κ3) is 16.8. The number of rotatable bonds is 16. The molecular formula is C18H39AlO3. The van der Waals surface area contributed by atoms with Crippen LogP contribution in [0.3, 0.4) is 0 Å². The van der Waals surface area contributed by atoms with Gasteiger partial charge in [-0.3, -0.25) is 0 Å². The highest BCUT2D eigenvalue weighted by atomic mass is 27.3. The molecule has 0 aromatic carbocycles. The molecule has 0 N–H and O–H groups in total. The van der Waals surface area contributed by atoms with Gasteiger partial charge in [-0.05, 0) is 34.1 Å². The molecule has 0 atom stereocenters. The van der Waals surface area contributed by atoms with E-state index >= 15 is 0 Å². The lowest BCUT2D eigenvalue weighted by Crippen LogP contribution is -2.33. The van der Waals surface area contributed by atoms with Crippen LogP contribution in [-0.4, -0.2) is 34.0 Å². The Labute approximate surface area is 144 Å². The minimum absolute atomic E-state index is 0.183. The van der Waals surface area contributed by atoms with Gasteiger partial charge in [0.05, 0.1) is 0 Å². The summed E-state index contributed by atoms with van der Waals surface area (Å²) in [7, 11) is 0. The Morgan fingerprint density at radius 3 is 1.45 bits per heavy atom. The van der Waals surface area contributed by atoms with E-state index in [2.05, 4.69) is 6.92 Å². The fraction of sp³-hybridized carbons (Fsp3) is 1.00. The van der Waals surface area contributed by atoms with Crippen LogP contribution < -0.4 is 0 Å². The molecule has 0 aliphatic carbocycles. The summed E-state index contributed by atoms with van der Waals surface area (Å²) in [5, 5.41) is 0. The fourth-order valence-corrected chi connectivity index (χ4v) is 3.79. The van der Waals surface area contributed by atoms with Gasteiger partial charge in [0.1, 0.15) is 0 Å². The molecule has 0 fully saturated rings. The van der Waals surface area contributed by atoms with Gasteiger partial charge in [0.15, 0.2) is 0 Å². The monoisotopic (exact) mass is 330 g/mol. The van der Waals surface area contributed by atoms with E-state index < -0.39 is 15.1 Å². The Hall–Kier alpha value is 0.412. The highest BCUT2D eigenvalue weighted by molar-refractivity contribution is 6.36. The first kappa shape index (κ1) is 22.4. The second kappa shape index (κ2) is 16.3.